The Kier molecular flexibility index (Phi) is 5.94. The highest BCUT2D eigenvalue weighted by Gasteiger charge is 2.44. The molecule has 0 aliphatic heterocycles. The maximum Gasteiger partial charge on any atom is 0.0624 e. The van der Waals surface area contributed by atoms with Crippen LogP contribution in [0.3, 0.4) is 0 Å². The van der Waals surface area contributed by atoms with Crippen molar-refractivity contribution in [3.63, 3.8) is 0 Å². The van der Waals surface area contributed by atoms with Gasteiger partial charge in [-0.2, -0.15) is 11.8 Å². The summed E-state index contributed by atoms with van der Waals surface area (Å²) in [4.78, 5) is 0. The van der Waals surface area contributed by atoms with Gasteiger partial charge in [0.25, 0.3) is 0 Å². The molecule has 0 spiro atoms. The number of hydrogen-bond acceptors (Lipinski definition) is 3. The van der Waals surface area contributed by atoms with E-state index in [-0.39, 0.29) is 12.1 Å². The largest absolute Gasteiger partial charge is 0.394 e. The second-order valence-electron chi connectivity index (χ2n) is 5.93. The number of hydrogen-bond donors (Lipinski definition) is 2. The van der Waals surface area contributed by atoms with Gasteiger partial charge in [-0.25, -0.2) is 0 Å². The van der Waals surface area contributed by atoms with E-state index in [2.05, 4.69) is 43.4 Å². The Bertz CT molecular complexity index is 419. The molecule has 2 rings (SSSR count). The number of aliphatic hydroxyl groups excluding tert-OH is 1. The Morgan fingerprint density at radius 2 is 2.10 bits per heavy atom. The Balaban J connectivity index is 1.90. The first-order valence-corrected chi connectivity index (χ1v) is 8.85. The van der Waals surface area contributed by atoms with Gasteiger partial charge in [0.2, 0.25) is 0 Å². The fraction of sp³-hybridized carbons (Fsp3) is 0.647. The van der Waals surface area contributed by atoms with Gasteiger partial charge in [-0.1, -0.05) is 31.2 Å². The second kappa shape index (κ2) is 7.48. The van der Waals surface area contributed by atoms with E-state index in [0.29, 0.717) is 5.92 Å². The predicted octanol–water partition coefficient (Wildman–Crippen LogP) is 3.37. The number of thioether (sulfide) groups is 1. The van der Waals surface area contributed by atoms with Gasteiger partial charge < -0.3 is 10.4 Å². The minimum Gasteiger partial charge on any atom is -0.394 e. The fourth-order valence-corrected chi connectivity index (χ4v) is 4.11. The molecule has 2 N–H and O–H groups in total. The second-order valence-corrected chi connectivity index (χ2v) is 6.92. The van der Waals surface area contributed by atoms with Crippen molar-refractivity contribution in [3.05, 3.63) is 35.4 Å². The summed E-state index contributed by atoms with van der Waals surface area (Å²) in [6.07, 6.45) is 3.65. The molecule has 0 saturated heterocycles. The molecule has 0 bridgehead atoms. The SMILES string of the molecule is CCCNC(CO)(CSCc1ccccc1C)C1CC1. The Morgan fingerprint density at radius 3 is 2.70 bits per heavy atom. The highest BCUT2D eigenvalue weighted by atomic mass is 32.2. The summed E-state index contributed by atoms with van der Waals surface area (Å²) in [6, 6.07) is 8.58. The van der Waals surface area contributed by atoms with Gasteiger partial charge in [0, 0.05) is 11.5 Å². The Labute approximate surface area is 127 Å². The van der Waals surface area contributed by atoms with Gasteiger partial charge in [0.05, 0.1) is 12.1 Å². The van der Waals surface area contributed by atoms with Crippen molar-refractivity contribution >= 4 is 11.8 Å². The van der Waals surface area contributed by atoms with Crippen LogP contribution in [-0.4, -0.2) is 29.5 Å². The van der Waals surface area contributed by atoms with Crippen LogP contribution in [0.2, 0.25) is 0 Å². The third kappa shape index (κ3) is 4.00. The van der Waals surface area contributed by atoms with Crippen molar-refractivity contribution in [3.8, 4) is 0 Å². The van der Waals surface area contributed by atoms with Crippen molar-refractivity contribution in [2.24, 2.45) is 5.92 Å². The highest BCUT2D eigenvalue weighted by Crippen LogP contribution is 2.41. The molecular weight excluding hydrogens is 266 g/mol. The molecule has 0 aromatic heterocycles. The first-order valence-electron chi connectivity index (χ1n) is 7.70. The highest BCUT2D eigenvalue weighted by molar-refractivity contribution is 7.98. The molecule has 3 heteroatoms. The molecule has 1 aromatic rings. The molecule has 1 fully saturated rings. The number of aryl methyl sites for hydroxylation is 1. The summed E-state index contributed by atoms with van der Waals surface area (Å²) >= 11 is 1.95. The average Bonchev–Trinajstić information content (AvgIpc) is 3.30. The van der Waals surface area contributed by atoms with Gasteiger partial charge in [-0.15, -0.1) is 0 Å². The molecule has 1 unspecified atom stereocenters. The van der Waals surface area contributed by atoms with Crippen LogP contribution in [0.15, 0.2) is 24.3 Å². The number of aliphatic hydroxyl groups is 1. The van der Waals surface area contributed by atoms with Crippen LogP contribution in [0.25, 0.3) is 0 Å². The van der Waals surface area contributed by atoms with E-state index in [1.54, 1.807) is 0 Å². The summed E-state index contributed by atoms with van der Waals surface area (Å²) in [5, 5.41) is 13.5. The molecule has 1 aliphatic carbocycles. The number of benzene rings is 1. The Hall–Kier alpha value is -0.510. The van der Waals surface area contributed by atoms with E-state index in [9.17, 15) is 5.11 Å². The third-order valence-electron chi connectivity index (χ3n) is 4.25. The minimum absolute atomic E-state index is 0.0522. The molecule has 0 radical (unpaired) electrons. The molecule has 1 aromatic carbocycles. The standard InChI is InChI=1S/C17H27NOS/c1-3-10-18-17(12-19,16-8-9-16)13-20-11-15-7-5-4-6-14(15)2/h4-7,16,18-19H,3,8-13H2,1-2H3. The molecule has 2 nitrogen and oxygen atoms in total. The van der Waals surface area contributed by atoms with E-state index in [0.717, 1.165) is 24.5 Å². The van der Waals surface area contributed by atoms with Gasteiger partial charge in [-0.05, 0) is 49.8 Å². The van der Waals surface area contributed by atoms with Gasteiger partial charge in [0.1, 0.15) is 0 Å². The molecule has 0 heterocycles. The first-order chi connectivity index (χ1) is 9.72. The lowest BCUT2D eigenvalue weighted by atomic mass is 9.96. The van der Waals surface area contributed by atoms with Gasteiger partial charge >= 0.3 is 0 Å². The van der Waals surface area contributed by atoms with Crippen LogP contribution in [0.1, 0.15) is 37.3 Å². The van der Waals surface area contributed by atoms with Crippen LogP contribution >= 0.6 is 11.8 Å². The van der Waals surface area contributed by atoms with E-state index in [1.807, 2.05) is 11.8 Å². The molecule has 112 valence electrons. The first kappa shape index (κ1) is 15.9. The summed E-state index contributed by atoms with van der Waals surface area (Å²) in [7, 11) is 0. The molecule has 20 heavy (non-hydrogen) atoms. The molecule has 1 aliphatic rings. The maximum atomic E-state index is 9.89. The van der Waals surface area contributed by atoms with Crippen molar-refractivity contribution in [2.45, 2.75) is 44.4 Å². The van der Waals surface area contributed by atoms with E-state index >= 15 is 0 Å². The van der Waals surface area contributed by atoms with E-state index < -0.39 is 0 Å². The normalized spacial score (nSPS) is 17.9. The average molecular weight is 293 g/mol. The minimum atomic E-state index is -0.0522. The van der Waals surface area contributed by atoms with E-state index in [4.69, 9.17) is 0 Å². The van der Waals surface area contributed by atoms with Crippen molar-refractivity contribution < 1.29 is 5.11 Å². The quantitative estimate of drug-likeness (QED) is 0.732. The molecular formula is C17H27NOS. The van der Waals surface area contributed by atoms with Crippen LogP contribution in [-0.2, 0) is 5.75 Å². The lowest BCUT2D eigenvalue weighted by molar-refractivity contribution is 0.159. The summed E-state index contributed by atoms with van der Waals surface area (Å²) in [6.45, 7) is 5.62. The predicted molar refractivity (Wildman–Crippen MR) is 88.2 cm³/mol. The zero-order valence-electron chi connectivity index (χ0n) is 12.7. The zero-order chi connectivity index (χ0) is 14.4. The number of rotatable bonds is 9. The molecule has 1 atom stereocenters. The van der Waals surface area contributed by atoms with E-state index in [1.165, 1.54) is 24.0 Å². The summed E-state index contributed by atoms with van der Waals surface area (Å²) < 4.78 is 0. The summed E-state index contributed by atoms with van der Waals surface area (Å²) in [5.41, 5.74) is 2.72. The van der Waals surface area contributed by atoms with Gasteiger partial charge in [-0.3, -0.25) is 0 Å². The topological polar surface area (TPSA) is 32.3 Å². The fourth-order valence-electron chi connectivity index (χ4n) is 2.67. The lowest BCUT2D eigenvalue weighted by Gasteiger charge is -2.33. The summed E-state index contributed by atoms with van der Waals surface area (Å²) in [5.74, 6) is 2.71. The van der Waals surface area contributed by atoms with Gasteiger partial charge in [0.15, 0.2) is 0 Å². The molecule has 1 saturated carbocycles. The monoisotopic (exact) mass is 293 g/mol. The van der Waals surface area contributed by atoms with Crippen molar-refractivity contribution in [1.82, 2.24) is 5.32 Å². The third-order valence-corrected chi connectivity index (χ3v) is 5.48. The Morgan fingerprint density at radius 1 is 1.35 bits per heavy atom. The van der Waals surface area contributed by atoms with Crippen LogP contribution < -0.4 is 5.32 Å². The number of nitrogens with one attached hydrogen (secondary N) is 1. The van der Waals surface area contributed by atoms with Crippen LogP contribution in [0, 0.1) is 12.8 Å². The van der Waals surface area contributed by atoms with Crippen molar-refractivity contribution in [1.29, 1.82) is 0 Å². The smallest absolute Gasteiger partial charge is 0.0624 e. The van der Waals surface area contributed by atoms with Crippen LogP contribution in [0.5, 0.6) is 0 Å². The zero-order valence-corrected chi connectivity index (χ0v) is 13.5. The van der Waals surface area contributed by atoms with Crippen LogP contribution in [0.4, 0.5) is 0 Å². The lowest BCUT2D eigenvalue weighted by Crippen LogP contribution is -2.53. The van der Waals surface area contributed by atoms with Crippen molar-refractivity contribution in [2.75, 3.05) is 18.9 Å². The molecule has 0 amide bonds. The maximum absolute atomic E-state index is 9.89.